The zero-order valence-corrected chi connectivity index (χ0v) is 10.0. The first kappa shape index (κ1) is 11.0. The minimum Gasteiger partial charge on any atom is -0.365 e. The molecule has 0 radical (unpaired) electrons. The number of benzene rings is 1. The van der Waals surface area contributed by atoms with Crippen LogP contribution in [0.3, 0.4) is 0 Å². The van der Waals surface area contributed by atoms with E-state index in [4.69, 9.17) is 0 Å². The summed E-state index contributed by atoms with van der Waals surface area (Å²) in [5, 5.41) is 0. The van der Waals surface area contributed by atoms with Crippen molar-refractivity contribution in [3.05, 3.63) is 59.9 Å². The van der Waals surface area contributed by atoms with Gasteiger partial charge in [0, 0.05) is 30.4 Å². The minimum atomic E-state index is 0.239. The Bertz CT molecular complexity index is 566. The average Bonchev–Trinajstić information content (AvgIpc) is 2.44. The molecular weight excluding hydrogens is 224 g/mol. The van der Waals surface area contributed by atoms with E-state index in [0.29, 0.717) is 6.42 Å². The fraction of sp³-hybridized carbons (Fsp3) is 0.200. The number of Topliss-reactive ketones (excluding diaryl/α,β-unsaturated/α-hetero) is 1. The van der Waals surface area contributed by atoms with Gasteiger partial charge in [0.15, 0.2) is 5.78 Å². The van der Waals surface area contributed by atoms with Crippen molar-refractivity contribution in [3.8, 4) is 0 Å². The van der Waals surface area contributed by atoms with Crippen LogP contribution in [-0.2, 0) is 6.54 Å². The summed E-state index contributed by atoms with van der Waals surface area (Å²) in [6.45, 7) is 1.53. The molecule has 3 nitrogen and oxygen atoms in total. The van der Waals surface area contributed by atoms with E-state index in [9.17, 15) is 4.79 Å². The zero-order chi connectivity index (χ0) is 12.4. The van der Waals surface area contributed by atoms with Gasteiger partial charge in [0.25, 0.3) is 0 Å². The number of para-hydroxylation sites is 1. The van der Waals surface area contributed by atoms with Gasteiger partial charge in [-0.15, -0.1) is 0 Å². The molecule has 0 amide bonds. The SMILES string of the molecule is O=C1CCN(Cc2ccccn2)c2ccccc21. The van der Waals surface area contributed by atoms with Crippen molar-refractivity contribution >= 4 is 11.5 Å². The summed E-state index contributed by atoms with van der Waals surface area (Å²) in [6.07, 6.45) is 2.39. The maximum Gasteiger partial charge on any atom is 0.166 e. The molecule has 0 spiro atoms. The lowest BCUT2D eigenvalue weighted by atomic mass is 10.0. The third kappa shape index (κ3) is 1.99. The first-order valence-corrected chi connectivity index (χ1v) is 6.12. The molecule has 0 saturated carbocycles. The minimum absolute atomic E-state index is 0.239. The highest BCUT2D eigenvalue weighted by atomic mass is 16.1. The van der Waals surface area contributed by atoms with Gasteiger partial charge in [-0.25, -0.2) is 0 Å². The van der Waals surface area contributed by atoms with Crippen LogP contribution in [0.2, 0.25) is 0 Å². The predicted molar refractivity (Wildman–Crippen MR) is 70.7 cm³/mol. The predicted octanol–water partition coefficient (Wildman–Crippen LogP) is 2.67. The molecule has 1 aliphatic rings. The van der Waals surface area contributed by atoms with Crippen molar-refractivity contribution in [2.45, 2.75) is 13.0 Å². The molecule has 1 aromatic heterocycles. The Morgan fingerprint density at radius 1 is 1.11 bits per heavy atom. The molecule has 0 fully saturated rings. The van der Waals surface area contributed by atoms with Crippen molar-refractivity contribution in [3.63, 3.8) is 0 Å². The second-order valence-corrected chi connectivity index (χ2v) is 4.43. The summed E-state index contributed by atoms with van der Waals surface area (Å²) in [5.41, 5.74) is 2.89. The first-order valence-electron chi connectivity index (χ1n) is 6.12. The number of carbonyl (C=O) groups is 1. The molecule has 0 bridgehead atoms. The Morgan fingerprint density at radius 2 is 1.94 bits per heavy atom. The number of hydrogen-bond acceptors (Lipinski definition) is 3. The first-order chi connectivity index (χ1) is 8.84. The third-order valence-electron chi connectivity index (χ3n) is 3.23. The van der Waals surface area contributed by atoms with Crippen LogP contribution >= 0.6 is 0 Å². The second-order valence-electron chi connectivity index (χ2n) is 4.43. The molecule has 0 unspecified atom stereocenters. The summed E-state index contributed by atoms with van der Waals surface area (Å²) in [6, 6.07) is 13.7. The van der Waals surface area contributed by atoms with Crippen molar-refractivity contribution in [2.24, 2.45) is 0 Å². The maximum atomic E-state index is 11.8. The van der Waals surface area contributed by atoms with E-state index < -0.39 is 0 Å². The molecule has 0 N–H and O–H groups in total. The molecule has 3 heteroatoms. The Balaban J connectivity index is 1.91. The summed E-state index contributed by atoms with van der Waals surface area (Å²) < 4.78 is 0. The molecule has 2 aromatic rings. The Hall–Kier alpha value is -2.16. The third-order valence-corrected chi connectivity index (χ3v) is 3.23. The molecule has 2 heterocycles. The number of nitrogens with zero attached hydrogens (tertiary/aromatic N) is 2. The molecule has 1 aliphatic heterocycles. The summed E-state index contributed by atoms with van der Waals surface area (Å²) >= 11 is 0. The van der Waals surface area contributed by atoms with Gasteiger partial charge in [-0.2, -0.15) is 0 Å². The van der Waals surface area contributed by atoms with Crippen LogP contribution < -0.4 is 4.90 Å². The summed E-state index contributed by atoms with van der Waals surface area (Å²) in [4.78, 5) is 18.4. The van der Waals surface area contributed by atoms with Gasteiger partial charge in [0.1, 0.15) is 0 Å². The number of carbonyl (C=O) groups excluding carboxylic acids is 1. The van der Waals surface area contributed by atoms with Gasteiger partial charge in [-0.3, -0.25) is 9.78 Å². The molecule has 1 aromatic carbocycles. The standard InChI is InChI=1S/C15H14N2O/c18-15-8-10-17(11-12-5-3-4-9-16-12)14-7-2-1-6-13(14)15/h1-7,9H,8,10-11H2. The van der Waals surface area contributed by atoms with Gasteiger partial charge < -0.3 is 4.90 Å². The molecule has 18 heavy (non-hydrogen) atoms. The van der Waals surface area contributed by atoms with Crippen molar-refractivity contribution in [1.29, 1.82) is 0 Å². The van der Waals surface area contributed by atoms with E-state index in [1.807, 2.05) is 42.5 Å². The highest BCUT2D eigenvalue weighted by molar-refractivity contribution is 6.03. The fourth-order valence-corrected chi connectivity index (χ4v) is 2.33. The largest absolute Gasteiger partial charge is 0.365 e. The topological polar surface area (TPSA) is 33.2 Å². The zero-order valence-electron chi connectivity index (χ0n) is 10.0. The van der Waals surface area contributed by atoms with E-state index in [2.05, 4.69) is 9.88 Å². The lowest BCUT2D eigenvalue weighted by Crippen LogP contribution is -2.31. The molecule has 3 rings (SSSR count). The van der Waals surface area contributed by atoms with Gasteiger partial charge >= 0.3 is 0 Å². The number of hydrogen-bond donors (Lipinski definition) is 0. The van der Waals surface area contributed by atoms with Crippen molar-refractivity contribution in [1.82, 2.24) is 4.98 Å². The highest BCUT2D eigenvalue weighted by Gasteiger charge is 2.22. The molecule has 0 aliphatic carbocycles. The number of anilines is 1. The number of ketones is 1. The van der Waals surface area contributed by atoms with E-state index in [0.717, 1.165) is 30.0 Å². The lowest BCUT2D eigenvalue weighted by molar-refractivity contribution is 0.0979. The molecule has 0 atom stereocenters. The van der Waals surface area contributed by atoms with E-state index >= 15 is 0 Å². The van der Waals surface area contributed by atoms with Crippen LogP contribution in [0.1, 0.15) is 22.5 Å². The van der Waals surface area contributed by atoms with Crippen LogP contribution in [-0.4, -0.2) is 17.3 Å². The Morgan fingerprint density at radius 3 is 2.78 bits per heavy atom. The van der Waals surface area contributed by atoms with Crippen LogP contribution in [0, 0.1) is 0 Å². The van der Waals surface area contributed by atoms with Crippen molar-refractivity contribution in [2.75, 3.05) is 11.4 Å². The van der Waals surface area contributed by atoms with E-state index in [1.54, 1.807) is 6.20 Å². The Labute approximate surface area is 106 Å². The number of fused-ring (bicyclic) bond motifs is 1. The van der Waals surface area contributed by atoms with Crippen molar-refractivity contribution < 1.29 is 4.79 Å². The van der Waals surface area contributed by atoms with Crippen LogP contribution in [0.4, 0.5) is 5.69 Å². The van der Waals surface area contributed by atoms with Gasteiger partial charge in [-0.05, 0) is 24.3 Å². The normalized spacial score (nSPS) is 14.4. The maximum absolute atomic E-state index is 11.8. The lowest BCUT2D eigenvalue weighted by Gasteiger charge is -2.30. The summed E-state index contributed by atoms with van der Waals surface area (Å²) in [7, 11) is 0. The van der Waals surface area contributed by atoms with Gasteiger partial charge in [0.2, 0.25) is 0 Å². The second kappa shape index (κ2) is 4.61. The number of pyridine rings is 1. The fourth-order valence-electron chi connectivity index (χ4n) is 2.33. The van der Waals surface area contributed by atoms with Gasteiger partial charge in [-0.1, -0.05) is 18.2 Å². The van der Waals surface area contributed by atoms with E-state index in [1.165, 1.54) is 0 Å². The smallest absolute Gasteiger partial charge is 0.166 e. The highest BCUT2D eigenvalue weighted by Crippen LogP contribution is 2.27. The Kier molecular flexibility index (Phi) is 2.81. The quantitative estimate of drug-likeness (QED) is 0.806. The van der Waals surface area contributed by atoms with Crippen LogP contribution in [0.25, 0.3) is 0 Å². The summed E-state index contributed by atoms with van der Waals surface area (Å²) in [5.74, 6) is 0.239. The van der Waals surface area contributed by atoms with E-state index in [-0.39, 0.29) is 5.78 Å². The number of rotatable bonds is 2. The van der Waals surface area contributed by atoms with Crippen LogP contribution in [0.5, 0.6) is 0 Å². The van der Waals surface area contributed by atoms with Crippen LogP contribution in [0.15, 0.2) is 48.7 Å². The molecule has 0 saturated heterocycles. The van der Waals surface area contributed by atoms with Gasteiger partial charge in [0.05, 0.1) is 12.2 Å². The number of aromatic nitrogens is 1. The average molecular weight is 238 g/mol. The molecular formula is C15H14N2O. The monoisotopic (exact) mass is 238 g/mol. The molecule has 90 valence electrons.